The molecule has 1 aliphatic heterocycles. The van der Waals surface area contributed by atoms with Gasteiger partial charge in [-0.05, 0) is 25.1 Å². The minimum Gasteiger partial charge on any atom is -0.406 e. The van der Waals surface area contributed by atoms with Crippen molar-refractivity contribution in [2.24, 2.45) is 0 Å². The summed E-state index contributed by atoms with van der Waals surface area (Å²) < 4.78 is 61.2. The van der Waals surface area contributed by atoms with Crippen molar-refractivity contribution < 1.29 is 46.4 Å². The molecule has 0 radical (unpaired) electrons. The quantitative estimate of drug-likeness (QED) is 0.469. The second-order valence-corrected chi connectivity index (χ2v) is 5.39. The standard InChI is InChI=1S/C16H18F3NO7/c1-9(23-2)25-8-26-13(24-3)7-20-12-5-4-10(27-16(17,18)19)6-11(12)14(21)15(20)22/h4-6,9,13H,7-8H2,1-3H3. The van der Waals surface area contributed by atoms with E-state index in [1.807, 2.05) is 0 Å². The molecule has 0 fully saturated rings. The molecule has 0 saturated heterocycles. The highest BCUT2D eigenvalue weighted by Crippen LogP contribution is 2.34. The number of Topliss-reactive ketones (excluding diaryl/α,β-unsaturated/α-hetero) is 1. The van der Waals surface area contributed by atoms with Crippen LogP contribution in [0.5, 0.6) is 5.75 Å². The summed E-state index contributed by atoms with van der Waals surface area (Å²) in [5, 5.41) is 0. The molecule has 0 aliphatic carbocycles. The van der Waals surface area contributed by atoms with Crippen LogP contribution in [-0.2, 0) is 23.7 Å². The fraction of sp³-hybridized carbons (Fsp3) is 0.500. The number of benzene rings is 1. The first-order valence-electron chi connectivity index (χ1n) is 7.71. The van der Waals surface area contributed by atoms with Crippen LogP contribution in [0.1, 0.15) is 17.3 Å². The normalized spacial score (nSPS) is 16.4. The van der Waals surface area contributed by atoms with Gasteiger partial charge in [0.25, 0.3) is 11.7 Å². The molecule has 0 N–H and O–H groups in total. The number of hydrogen-bond acceptors (Lipinski definition) is 7. The summed E-state index contributed by atoms with van der Waals surface area (Å²) in [7, 11) is 2.77. The zero-order valence-corrected chi connectivity index (χ0v) is 14.7. The third-order valence-corrected chi connectivity index (χ3v) is 3.66. The number of hydrogen-bond donors (Lipinski definition) is 0. The van der Waals surface area contributed by atoms with E-state index in [-0.39, 0.29) is 24.6 Å². The van der Waals surface area contributed by atoms with E-state index in [0.29, 0.717) is 0 Å². The number of carbonyl (C=O) groups excluding carboxylic acids is 2. The number of carbonyl (C=O) groups is 2. The maximum absolute atomic E-state index is 12.3. The van der Waals surface area contributed by atoms with Crippen LogP contribution < -0.4 is 9.64 Å². The lowest BCUT2D eigenvalue weighted by Crippen LogP contribution is -2.39. The fourth-order valence-corrected chi connectivity index (χ4v) is 2.28. The number of anilines is 1. The molecule has 2 rings (SSSR count). The van der Waals surface area contributed by atoms with Gasteiger partial charge in [-0.25, -0.2) is 0 Å². The molecular weight excluding hydrogens is 375 g/mol. The predicted octanol–water partition coefficient (Wildman–Crippen LogP) is 2.07. The van der Waals surface area contributed by atoms with Crippen molar-refractivity contribution in [3.63, 3.8) is 0 Å². The van der Waals surface area contributed by atoms with Gasteiger partial charge in [0.2, 0.25) is 0 Å². The van der Waals surface area contributed by atoms with E-state index in [4.69, 9.17) is 18.9 Å². The van der Waals surface area contributed by atoms with Crippen LogP contribution in [0.2, 0.25) is 0 Å². The molecule has 0 saturated carbocycles. The molecule has 1 aromatic rings. The van der Waals surface area contributed by atoms with E-state index in [1.165, 1.54) is 20.3 Å². The maximum Gasteiger partial charge on any atom is 0.573 e. The number of rotatable bonds is 9. The summed E-state index contributed by atoms with van der Waals surface area (Å²) in [6.07, 6.45) is -6.37. The Labute approximate surface area is 152 Å². The molecule has 1 amide bonds. The zero-order valence-electron chi connectivity index (χ0n) is 14.7. The molecule has 1 aromatic carbocycles. The molecule has 8 nitrogen and oxygen atoms in total. The number of halogens is 3. The summed E-state index contributed by atoms with van der Waals surface area (Å²) in [6.45, 7) is 1.28. The highest BCUT2D eigenvalue weighted by Gasteiger charge is 2.39. The van der Waals surface area contributed by atoms with Crippen molar-refractivity contribution in [3.8, 4) is 5.75 Å². The summed E-state index contributed by atoms with van der Waals surface area (Å²) in [5.74, 6) is -2.45. The number of fused-ring (bicyclic) bond motifs is 1. The number of ether oxygens (including phenoxy) is 5. The van der Waals surface area contributed by atoms with Crippen molar-refractivity contribution in [1.29, 1.82) is 0 Å². The van der Waals surface area contributed by atoms with Gasteiger partial charge in [0.15, 0.2) is 19.4 Å². The summed E-state index contributed by atoms with van der Waals surface area (Å²) >= 11 is 0. The maximum atomic E-state index is 12.3. The SMILES string of the molecule is COC(C)OCOC(CN1C(=O)C(=O)c2cc(OC(F)(F)F)ccc21)OC. The van der Waals surface area contributed by atoms with Crippen molar-refractivity contribution in [2.45, 2.75) is 25.9 Å². The van der Waals surface area contributed by atoms with E-state index in [0.717, 1.165) is 17.0 Å². The van der Waals surface area contributed by atoms with Crippen LogP contribution in [0.15, 0.2) is 18.2 Å². The van der Waals surface area contributed by atoms with E-state index in [2.05, 4.69) is 4.74 Å². The Morgan fingerprint density at radius 2 is 1.81 bits per heavy atom. The van der Waals surface area contributed by atoms with E-state index in [1.54, 1.807) is 6.92 Å². The Bertz CT molecular complexity index is 695. The number of amides is 1. The van der Waals surface area contributed by atoms with Crippen molar-refractivity contribution >= 4 is 17.4 Å². The van der Waals surface area contributed by atoms with Gasteiger partial charge in [0.05, 0.1) is 17.8 Å². The molecule has 0 spiro atoms. The van der Waals surface area contributed by atoms with Gasteiger partial charge in [-0.2, -0.15) is 0 Å². The Morgan fingerprint density at radius 1 is 1.11 bits per heavy atom. The molecule has 2 unspecified atom stereocenters. The van der Waals surface area contributed by atoms with Gasteiger partial charge in [0.1, 0.15) is 5.75 Å². The van der Waals surface area contributed by atoms with Crippen LogP contribution in [0.3, 0.4) is 0 Å². The third-order valence-electron chi connectivity index (χ3n) is 3.66. The van der Waals surface area contributed by atoms with E-state index >= 15 is 0 Å². The molecule has 0 bridgehead atoms. The first-order chi connectivity index (χ1) is 12.7. The Kier molecular flexibility index (Phi) is 6.76. The average molecular weight is 393 g/mol. The van der Waals surface area contributed by atoms with Crippen LogP contribution in [0.4, 0.5) is 18.9 Å². The van der Waals surface area contributed by atoms with Crippen LogP contribution in [-0.4, -0.2) is 58.2 Å². The van der Waals surface area contributed by atoms with Crippen molar-refractivity contribution in [1.82, 2.24) is 0 Å². The largest absolute Gasteiger partial charge is 0.573 e. The summed E-state index contributed by atoms with van der Waals surface area (Å²) in [5.41, 5.74) is -0.0581. The minimum atomic E-state index is -4.91. The molecule has 2 atom stereocenters. The first kappa shape index (κ1) is 21.1. The van der Waals surface area contributed by atoms with Crippen molar-refractivity contribution in [2.75, 3.05) is 32.5 Å². The lowest BCUT2D eigenvalue weighted by atomic mass is 10.1. The predicted molar refractivity (Wildman–Crippen MR) is 84.1 cm³/mol. The number of ketones is 1. The highest BCUT2D eigenvalue weighted by atomic mass is 19.4. The zero-order chi connectivity index (χ0) is 20.2. The molecule has 150 valence electrons. The molecule has 1 heterocycles. The minimum absolute atomic E-state index is 0.136. The number of methoxy groups -OCH3 is 2. The summed E-state index contributed by atoms with van der Waals surface area (Å²) in [6, 6.07) is 3.07. The topological polar surface area (TPSA) is 83.5 Å². The lowest BCUT2D eigenvalue weighted by Gasteiger charge is -2.23. The van der Waals surface area contributed by atoms with Crippen LogP contribution >= 0.6 is 0 Å². The van der Waals surface area contributed by atoms with Gasteiger partial charge in [0, 0.05) is 14.2 Å². The molecular formula is C16H18F3NO7. The third kappa shape index (κ3) is 5.39. The van der Waals surface area contributed by atoms with Gasteiger partial charge in [-0.1, -0.05) is 0 Å². The van der Waals surface area contributed by atoms with Gasteiger partial charge < -0.3 is 23.7 Å². The Hall–Kier alpha value is -2.21. The molecule has 11 heteroatoms. The fourth-order valence-electron chi connectivity index (χ4n) is 2.28. The van der Waals surface area contributed by atoms with Crippen molar-refractivity contribution in [3.05, 3.63) is 23.8 Å². The smallest absolute Gasteiger partial charge is 0.406 e. The lowest BCUT2D eigenvalue weighted by molar-refractivity contribution is -0.274. The van der Waals surface area contributed by atoms with E-state index in [9.17, 15) is 22.8 Å². The van der Waals surface area contributed by atoms with Crippen LogP contribution in [0, 0.1) is 0 Å². The van der Waals surface area contributed by atoms with Gasteiger partial charge >= 0.3 is 6.36 Å². The monoisotopic (exact) mass is 393 g/mol. The van der Waals surface area contributed by atoms with Crippen LogP contribution in [0.25, 0.3) is 0 Å². The molecule has 27 heavy (non-hydrogen) atoms. The second-order valence-electron chi connectivity index (χ2n) is 5.39. The Morgan fingerprint density at radius 3 is 2.41 bits per heavy atom. The van der Waals surface area contributed by atoms with Gasteiger partial charge in [-0.3, -0.25) is 14.5 Å². The second kappa shape index (κ2) is 8.65. The summed E-state index contributed by atoms with van der Waals surface area (Å²) in [4.78, 5) is 25.3. The highest BCUT2D eigenvalue weighted by molar-refractivity contribution is 6.52. The Balaban J connectivity index is 2.10. The molecule has 0 aromatic heterocycles. The molecule has 1 aliphatic rings. The number of nitrogens with zero attached hydrogens (tertiary/aromatic N) is 1. The van der Waals surface area contributed by atoms with E-state index < -0.39 is 36.4 Å². The number of alkyl halides is 3. The first-order valence-corrected chi connectivity index (χ1v) is 7.71. The van der Waals surface area contributed by atoms with Gasteiger partial charge in [-0.15, -0.1) is 13.2 Å². The average Bonchev–Trinajstić information content (AvgIpc) is 2.83.